The second-order valence-corrected chi connectivity index (χ2v) is 15.3. The van der Waals surface area contributed by atoms with Crippen molar-refractivity contribution in [3.05, 3.63) is 176 Å². The molecule has 0 radical (unpaired) electrons. The first kappa shape index (κ1) is 30.3. The third-order valence-electron chi connectivity index (χ3n) is 12.3. The van der Waals surface area contributed by atoms with Crippen LogP contribution in [0, 0.1) is 0 Å². The summed E-state index contributed by atoms with van der Waals surface area (Å²) in [7, 11) is 0. The molecular weight excluding hydrogens is 715 g/mol. The van der Waals surface area contributed by atoms with Gasteiger partial charge >= 0.3 is 0 Å². The van der Waals surface area contributed by atoms with E-state index in [1.54, 1.807) is 0 Å². The third-order valence-corrected chi connectivity index (χ3v) is 12.3. The molecule has 8 nitrogen and oxygen atoms in total. The predicted molar refractivity (Wildman–Crippen MR) is 236 cm³/mol. The Hall–Kier alpha value is -7.97. The molecule has 0 saturated carbocycles. The number of nitrogens with one attached hydrogen (secondary N) is 1. The number of anilines is 5. The van der Waals surface area contributed by atoms with Gasteiger partial charge in [0.15, 0.2) is 11.9 Å². The third kappa shape index (κ3) is 3.76. The van der Waals surface area contributed by atoms with Crippen LogP contribution in [0.5, 0.6) is 0 Å². The van der Waals surface area contributed by atoms with Crippen LogP contribution in [0.3, 0.4) is 0 Å². The summed E-state index contributed by atoms with van der Waals surface area (Å²) in [5.41, 5.74) is 15.9. The molecular formula is C50H31N7O. The highest BCUT2D eigenvalue weighted by molar-refractivity contribution is 6.15. The van der Waals surface area contributed by atoms with Crippen LogP contribution in [0.2, 0.25) is 0 Å². The minimum absolute atomic E-state index is 0.137. The van der Waals surface area contributed by atoms with Gasteiger partial charge in [-0.25, -0.2) is 4.98 Å². The van der Waals surface area contributed by atoms with Crippen LogP contribution in [0.25, 0.3) is 83.0 Å². The summed E-state index contributed by atoms with van der Waals surface area (Å²) < 4.78 is 14.0. The molecule has 1 N–H and O–H groups in total. The minimum atomic E-state index is -0.137. The topological polar surface area (TPSA) is 58.8 Å². The first-order valence-electron chi connectivity index (χ1n) is 19.7. The van der Waals surface area contributed by atoms with Crippen LogP contribution in [-0.4, -0.2) is 24.8 Å². The van der Waals surface area contributed by atoms with Crippen LogP contribution in [-0.2, 0) is 0 Å². The molecule has 8 heteroatoms. The first-order chi connectivity index (χ1) is 28.8. The maximum atomic E-state index is 6.98. The molecule has 0 aliphatic carbocycles. The van der Waals surface area contributed by atoms with E-state index in [1.807, 2.05) is 0 Å². The van der Waals surface area contributed by atoms with Gasteiger partial charge < -0.3 is 14.3 Å². The molecule has 0 bridgehead atoms. The normalized spacial score (nSPS) is 14.8. The van der Waals surface area contributed by atoms with Gasteiger partial charge in [-0.15, -0.1) is 0 Å². The number of hydrogen-bond acceptors (Lipinski definition) is 5. The molecule has 1 unspecified atom stereocenters. The van der Waals surface area contributed by atoms with Gasteiger partial charge in [-0.2, -0.15) is 0 Å². The van der Waals surface area contributed by atoms with Gasteiger partial charge in [-0.3, -0.25) is 18.8 Å². The van der Waals surface area contributed by atoms with Crippen molar-refractivity contribution in [3.63, 3.8) is 0 Å². The van der Waals surface area contributed by atoms with Gasteiger partial charge in [-0.05, 0) is 84.9 Å². The molecule has 12 aromatic rings. The van der Waals surface area contributed by atoms with Crippen molar-refractivity contribution in [2.75, 3.05) is 15.1 Å². The van der Waals surface area contributed by atoms with Crippen molar-refractivity contribution in [2.24, 2.45) is 0 Å². The largest absolute Gasteiger partial charge is 0.454 e. The number of rotatable bonds is 3. The lowest BCUT2D eigenvalue weighted by Gasteiger charge is -2.27. The van der Waals surface area contributed by atoms with E-state index in [0.29, 0.717) is 0 Å². The average molecular weight is 746 g/mol. The van der Waals surface area contributed by atoms with Gasteiger partial charge in [0.25, 0.3) is 0 Å². The summed E-state index contributed by atoms with van der Waals surface area (Å²) >= 11 is 0. The first-order valence-corrected chi connectivity index (χ1v) is 19.7. The van der Waals surface area contributed by atoms with Gasteiger partial charge in [0, 0.05) is 21.8 Å². The summed E-state index contributed by atoms with van der Waals surface area (Å²) in [5, 5.41) is 8.38. The zero-order valence-corrected chi connectivity index (χ0v) is 30.9. The zero-order valence-electron chi connectivity index (χ0n) is 30.9. The monoisotopic (exact) mass is 745 g/mol. The molecule has 14 rings (SSSR count). The number of benzene rings is 8. The standard InChI is InChI=1S/C50H31N7O/c1-5-18-36-31(13-1)32-14-2-6-19-37(32)53(36)30-27-28-42-45(29-30)55-39-21-8-4-17-35(39)52-50(55)56(42)43-24-12-26-46-47(43)33-15-11-25-44(48(33)58-46)57-41-23-10-9-22-40(41)54-38-20-7-3-16-34(38)51-49(54)57/h1-29,49,51H. The van der Waals surface area contributed by atoms with Gasteiger partial charge in [0.05, 0.1) is 72.6 Å². The lowest BCUT2D eigenvalue weighted by molar-refractivity contribution is 0.665. The molecule has 0 saturated heterocycles. The summed E-state index contributed by atoms with van der Waals surface area (Å²) in [6, 6.07) is 62.6. The predicted octanol–water partition coefficient (Wildman–Crippen LogP) is 12.4. The molecule has 8 aromatic carbocycles. The van der Waals surface area contributed by atoms with Crippen molar-refractivity contribution >= 4 is 100 Å². The maximum absolute atomic E-state index is 6.98. The summed E-state index contributed by atoms with van der Waals surface area (Å²) in [6.07, 6.45) is -0.137. The zero-order chi connectivity index (χ0) is 37.6. The Kier molecular flexibility index (Phi) is 5.67. The number of hydrogen-bond donors (Lipinski definition) is 1. The Morgan fingerprint density at radius 1 is 0.466 bits per heavy atom. The second-order valence-electron chi connectivity index (χ2n) is 15.3. The Balaban J connectivity index is 1.02. The van der Waals surface area contributed by atoms with Crippen molar-refractivity contribution in [1.82, 2.24) is 18.5 Å². The highest BCUT2D eigenvalue weighted by atomic mass is 16.3. The van der Waals surface area contributed by atoms with Gasteiger partial charge in [0.2, 0.25) is 5.78 Å². The van der Waals surface area contributed by atoms with Crippen LogP contribution in [0.1, 0.15) is 0 Å². The molecule has 0 amide bonds. The number of aromatic nitrogens is 4. The van der Waals surface area contributed by atoms with E-state index in [0.717, 1.165) is 83.9 Å². The molecule has 1 atom stereocenters. The SMILES string of the molecule is c1ccc2c(c1)NC1N2c2ccccc2N1c1cccc2c1oc1cccc(-n3c4ccc(-n5c6ccccc6c6ccccc65)cc4n4c5ccccc5nc34)c12. The number of imidazole rings is 2. The Morgan fingerprint density at radius 2 is 1.09 bits per heavy atom. The van der Waals surface area contributed by atoms with E-state index in [1.165, 1.54) is 27.5 Å². The highest BCUT2D eigenvalue weighted by Crippen LogP contribution is 2.54. The average Bonchev–Trinajstić information content (AvgIpc) is 4.11. The van der Waals surface area contributed by atoms with Gasteiger partial charge in [0.1, 0.15) is 5.58 Å². The quantitative estimate of drug-likeness (QED) is 0.195. The summed E-state index contributed by atoms with van der Waals surface area (Å²) in [6.45, 7) is 0. The van der Waals surface area contributed by atoms with E-state index in [9.17, 15) is 0 Å². The van der Waals surface area contributed by atoms with Crippen molar-refractivity contribution in [3.8, 4) is 11.4 Å². The molecule has 2 aliphatic rings. The fourth-order valence-electron chi connectivity index (χ4n) is 10.0. The number of para-hydroxylation sites is 9. The Morgan fingerprint density at radius 3 is 1.90 bits per heavy atom. The Bertz CT molecular complexity index is 3660. The highest BCUT2D eigenvalue weighted by Gasteiger charge is 2.43. The van der Waals surface area contributed by atoms with Crippen molar-refractivity contribution in [2.45, 2.75) is 6.29 Å². The summed E-state index contributed by atoms with van der Waals surface area (Å²) in [5.74, 6) is 0.852. The molecule has 58 heavy (non-hydrogen) atoms. The van der Waals surface area contributed by atoms with Crippen molar-refractivity contribution < 1.29 is 4.42 Å². The van der Waals surface area contributed by atoms with E-state index in [-0.39, 0.29) is 6.29 Å². The number of furan rings is 1. The fourth-order valence-corrected chi connectivity index (χ4v) is 10.0. The molecule has 6 heterocycles. The Labute approximate surface area is 330 Å². The molecule has 2 aliphatic heterocycles. The molecule has 0 fully saturated rings. The van der Waals surface area contributed by atoms with Crippen molar-refractivity contribution in [1.29, 1.82) is 0 Å². The molecule has 0 spiro atoms. The lowest BCUT2D eigenvalue weighted by Crippen LogP contribution is -2.40. The fraction of sp³-hybridized carbons (Fsp3) is 0.0200. The summed E-state index contributed by atoms with van der Waals surface area (Å²) in [4.78, 5) is 10.1. The number of nitrogens with zero attached hydrogens (tertiary/aromatic N) is 6. The number of fused-ring (bicyclic) bond motifs is 16. The van der Waals surface area contributed by atoms with E-state index < -0.39 is 0 Å². The minimum Gasteiger partial charge on any atom is -0.454 e. The van der Waals surface area contributed by atoms with Crippen LogP contribution < -0.4 is 15.1 Å². The van der Waals surface area contributed by atoms with E-state index in [4.69, 9.17) is 9.40 Å². The van der Waals surface area contributed by atoms with Crippen LogP contribution in [0.4, 0.5) is 28.4 Å². The maximum Gasteiger partial charge on any atom is 0.220 e. The molecule has 272 valence electrons. The van der Waals surface area contributed by atoms with E-state index in [2.05, 4.69) is 205 Å². The van der Waals surface area contributed by atoms with E-state index >= 15 is 0 Å². The second kappa shape index (κ2) is 10.9. The van der Waals surface area contributed by atoms with Gasteiger partial charge in [-0.1, -0.05) is 91.0 Å². The smallest absolute Gasteiger partial charge is 0.220 e. The van der Waals surface area contributed by atoms with Crippen LogP contribution >= 0.6 is 0 Å². The molecule has 4 aromatic heterocycles. The van der Waals surface area contributed by atoms with Crippen LogP contribution in [0.15, 0.2) is 180 Å². The lowest BCUT2D eigenvalue weighted by atomic mass is 10.1.